The number of aryl methyl sites for hydroxylation is 1. The molecule has 1 atom stereocenters. The Morgan fingerprint density at radius 1 is 1.21 bits per heavy atom. The van der Waals surface area contributed by atoms with E-state index >= 15 is 0 Å². The number of rotatable bonds is 4. The first kappa shape index (κ1) is 18.7. The molecule has 2 aromatic heterocycles. The molecule has 0 N–H and O–H groups in total. The highest BCUT2D eigenvalue weighted by molar-refractivity contribution is 6.30. The molecule has 0 spiro atoms. The Labute approximate surface area is 169 Å². The van der Waals surface area contributed by atoms with E-state index in [0.717, 1.165) is 36.3 Å². The van der Waals surface area contributed by atoms with Crippen LogP contribution in [-0.2, 0) is 6.42 Å². The standard InChI is InChI=1S/C22H22ClN3O2/c1-15-5-4-6-19(25-15)22(27)26-12-3-2-7-20(26)21-24-14-18(28-21)13-16-8-10-17(23)11-9-16/h4-6,8-11,14,20H,2-3,7,12-13H2,1H3/t20-/m1/s1. The molecule has 4 rings (SSSR count). The van der Waals surface area contributed by atoms with Gasteiger partial charge in [0.1, 0.15) is 17.5 Å². The van der Waals surface area contributed by atoms with Crippen LogP contribution < -0.4 is 0 Å². The zero-order valence-corrected chi connectivity index (χ0v) is 16.5. The number of carbonyl (C=O) groups is 1. The molecule has 1 aliphatic heterocycles. The van der Waals surface area contributed by atoms with Crippen molar-refractivity contribution in [2.24, 2.45) is 0 Å². The number of carbonyl (C=O) groups excluding carboxylic acids is 1. The van der Waals surface area contributed by atoms with Crippen LogP contribution in [0.4, 0.5) is 0 Å². The zero-order chi connectivity index (χ0) is 19.5. The molecule has 1 saturated heterocycles. The fraction of sp³-hybridized carbons (Fsp3) is 0.318. The van der Waals surface area contributed by atoms with Gasteiger partial charge in [0.25, 0.3) is 5.91 Å². The average molecular weight is 396 g/mol. The summed E-state index contributed by atoms with van der Waals surface area (Å²) < 4.78 is 6.04. The number of benzene rings is 1. The summed E-state index contributed by atoms with van der Waals surface area (Å²) in [4.78, 5) is 23.8. The molecule has 1 amide bonds. The van der Waals surface area contributed by atoms with E-state index in [1.807, 2.05) is 48.2 Å². The van der Waals surface area contributed by atoms with Crippen molar-refractivity contribution >= 4 is 17.5 Å². The number of piperidine rings is 1. The van der Waals surface area contributed by atoms with Gasteiger partial charge in [-0.3, -0.25) is 4.79 Å². The first-order valence-corrected chi connectivity index (χ1v) is 9.91. The van der Waals surface area contributed by atoms with Gasteiger partial charge >= 0.3 is 0 Å². The van der Waals surface area contributed by atoms with Gasteiger partial charge in [-0.15, -0.1) is 0 Å². The maximum absolute atomic E-state index is 13.0. The number of aromatic nitrogens is 2. The highest BCUT2D eigenvalue weighted by Gasteiger charge is 2.32. The number of oxazole rings is 1. The lowest BCUT2D eigenvalue weighted by atomic mass is 10.0. The van der Waals surface area contributed by atoms with Crippen molar-refractivity contribution in [3.63, 3.8) is 0 Å². The van der Waals surface area contributed by atoms with E-state index in [0.29, 0.717) is 29.6 Å². The Balaban J connectivity index is 1.54. The summed E-state index contributed by atoms with van der Waals surface area (Å²) in [6, 6.07) is 13.1. The summed E-state index contributed by atoms with van der Waals surface area (Å²) in [6.07, 6.45) is 5.27. The summed E-state index contributed by atoms with van der Waals surface area (Å²) in [5.41, 5.74) is 2.41. The Bertz CT molecular complexity index is 968. The van der Waals surface area contributed by atoms with Gasteiger partial charge in [-0.25, -0.2) is 9.97 Å². The molecular weight excluding hydrogens is 374 g/mol. The van der Waals surface area contributed by atoms with Crippen molar-refractivity contribution in [3.05, 3.63) is 82.3 Å². The number of hydrogen-bond acceptors (Lipinski definition) is 4. The van der Waals surface area contributed by atoms with E-state index in [4.69, 9.17) is 16.0 Å². The van der Waals surface area contributed by atoms with Gasteiger partial charge in [0, 0.05) is 23.7 Å². The highest BCUT2D eigenvalue weighted by atomic mass is 35.5. The Hall–Kier alpha value is -2.66. The van der Waals surface area contributed by atoms with E-state index in [9.17, 15) is 4.79 Å². The van der Waals surface area contributed by atoms with Gasteiger partial charge in [-0.05, 0) is 56.0 Å². The molecule has 6 heteroatoms. The second-order valence-electron chi connectivity index (χ2n) is 7.14. The number of halogens is 1. The van der Waals surface area contributed by atoms with Crippen LogP contribution in [0.1, 0.15) is 58.7 Å². The van der Waals surface area contributed by atoms with Crippen molar-refractivity contribution in [3.8, 4) is 0 Å². The monoisotopic (exact) mass is 395 g/mol. The topological polar surface area (TPSA) is 59.2 Å². The lowest BCUT2D eigenvalue weighted by Crippen LogP contribution is -2.39. The maximum atomic E-state index is 13.0. The van der Waals surface area contributed by atoms with Crippen LogP contribution in [0, 0.1) is 6.92 Å². The lowest BCUT2D eigenvalue weighted by Gasteiger charge is -2.33. The van der Waals surface area contributed by atoms with Crippen molar-refractivity contribution in [2.45, 2.75) is 38.6 Å². The number of pyridine rings is 1. The summed E-state index contributed by atoms with van der Waals surface area (Å²) in [5, 5.41) is 0.711. The maximum Gasteiger partial charge on any atom is 0.273 e. The van der Waals surface area contributed by atoms with Crippen molar-refractivity contribution < 1.29 is 9.21 Å². The predicted molar refractivity (Wildman–Crippen MR) is 107 cm³/mol. The third-order valence-electron chi connectivity index (χ3n) is 5.02. The van der Waals surface area contributed by atoms with Crippen LogP contribution in [0.3, 0.4) is 0 Å². The minimum Gasteiger partial charge on any atom is -0.443 e. The molecule has 0 saturated carbocycles. The molecule has 0 unspecified atom stereocenters. The fourth-order valence-electron chi connectivity index (χ4n) is 3.60. The number of amides is 1. The first-order chi connectivity index (χ1) is 13.6. The van der Waals surface area contributed by atoms with E-state index < -0.39 is 0 Å². The minimum atomic E-state index is -0.150. The second-order valence-corrected chi connectivity index (χ2v) is 7.58. The zero-order valence-electron chi connectivity index (χ0n) is 15.8. The molecule has 5 nitrogen and oxygen atoms in total. The first-order valence-electron chi connectivity index (χ1n) is 9.54. The van der Waals surface area contributed by atoms with Crippen LogP contribution >= 0.6 is 11.6 Å². The fourth-order valence-corrected chi connectivity index (χ4v) is 3.73. The molecule has 1 aliphatic rings. The van der Waals surface area contributed by atoms with E-state index in [1.165, 1.54) is 0 Å². The quantitative estimate of drug-likeness (QED) is 0.624. The summed E-state index contributed by atoms with van der Waals surface area (Å²) in [7, 11) is 0. The van der Waals surface area contributed by atoms with Crippen LogP contribution in [0.5, 0.6) is 0 Å². The molecule has 1 aromatic carbocycles. The minimum absolute atomic E-state index is 0.0640. The van der Waals surface area contributed by atoms with E-state index in [1.54, 1.807) is 12.3 Å². The number of nitrogens with zero attached hydrogens (tertiary/aromatic N) is 3. The molecule has 28 heavy (non-hydrogen) atoms. The molecule has 3 aromatic rings. The summed E-state index contributed by atoms with van der Waals surface area (Å²) >= 11 is 5.95. The second kappa shape index (κ2) is 8.15. The van der Waals surface area contributed by atoms with Crippen LogP contribution in [-0.4, -0.2) is 27.3 Å². The van der Waals surface area contributed by atoms with Gasteiger partial charge < -0.3 is 9.32 Å². The van der Waals surface area contributed by atoms with Crippen LogP contribution in [0.2, 0.25) is 5.02 Å². The largest absolute Gasteiger partial charge is 0.443 e. The highest BCUT2D eigenvalue weighted by Crippen LogP contribution is 2.32. The lowest BCUT2D eigenvalue weighted by molar-refractivity contribution is 0.0563. The molecule has 144 valence electrons. The molecular formula is C22H22ClN3O2. The average Bonchev–Trinajstić information content (AvgIpc) is 3.17. The number of hydrogen-bond donors (Lipinski definition) is 0. The van der Waals surface area contributed by atoms with Gasteiger partial charge in [-0.2, -0.15) is 0 Å². The Kier molecular flexibility index (Phi) is 5.44. The van der Waals surface area contributed by atoms with Gasteiger partial charge in [0.15, 0.2) is 0 Å². The van der Waals surface area contributed by atoms with Crippen LogP contribution in [0.15, 0.2) is 53.1 Å². The molecule has 0 bridgehead atoms. The molecule has 0 radical (unpaired) electrons. The van der Waals surface area contributed by atoms with Gasteiger partial charge in [0.2, 0.25) is 5.89 Å². The van der Waals surface area contributed by atoms with Gasteiger partial charge in [0.05, 0.1) is 6.20 Å². The molecule has 1 fully saturated rings. The Morgan fingerprint density at radius 2 is 2.04 bits per heavy atom. The predicted octanol–water partition coefficient (Wildman–Crippen LogP) is 4.99. The van der Waals surface area contributed by atoms with Crippen molar-refractivity contribution in [2.75, 3.05) is 6.54 Å². The normalized spacial score (nSPS) is 16.9. The van der Waals surface area contributed by atoms with Crippen molar-refractivity contribution in [1.82, 2.24) is 14.9 Å². The smallest absolute Gasteiger partial charge is 0.273 e. The van der Waals surface area contributed by atoms with E-state index in [2.05, 4.69) is 9.97 Å². The Morgan fingerprint density at radius 3 is 2.82 bits per heavy atom. The van der Waals surface area contributed by atoms with Gasteiger partial charge in [-0.1, -0.05) is 29.8 Å². The van der Waals surface area contributed by atoms with Crippen LogP contribution in [0.25, 0.3) is 0 Å². The van der Waals surface area contributed by atoms with E-state index in [-0.39, 0.29) is 11.9 Å². The third-order valence-corrected chi connectivity index (χ3v) is 5.27. The summed E-state index contributed by atoms with van der Waals surface area (Å²) in [6.45, 7) is 2.58. The summed E-state index contributed by atoms with van der Waals surface area (Å²) in [5.74, 6) is 1.32. The molecule has 3 heterocycles. The number of likely N-dealkylation sites (tertiary alicyclic amines) is 1. The molecule has 0 aliphatic carbocycles. The van der Waals surface area contributed by atoms with Crippen molar-refractivity contribution in [1.29, 1.82) is 0 Å². The third kappa shape index (κ3) is 4.09. The SMILES string of the molecule is Cc1cccc(C(=O)N2CCCC[C@@H]2c2ncc(Cc3ccc(Cl)cc3)o2)n1.